The number of carbonyl (C=O) groups is 1. The van der Waals surface area contributed by atoms with Gasteiger partial charge in [0.05, 0.1) is 0 Å². The minimum atomic E-state index is -4.73. The first-order valence-corrected chi connectivity index (χ1v) is 7.28. The van der Waals surface area contributed by atoms with Crippen LogP contribution in [0.3, 0.4) is 0 Å². The van der Waals surface area contributed by atoms with E-state index in [9.17, 15) is 18.0 Å². The normalized spacial score (nSPS) is 18.8. The standard InChI is InChI=1S/C15H19F3N2O2/c16-15(17,18)22-13-6-2-1-4-11(13)7-8-14(21)20-12-5-3-9-19-10-12/h1-2,4,6,12,19H,3,5,7-10H2,(H,20,21). The molecule has 22 heavy (non-hydrogen) atoms. The summed E-state index contributed by atoms with van der Waals surface area (Å²) in [6.45, 7) is 1.69. The van der Waals surface area contributed by atoms with Crippen molar-refractivity contribution in [1.29, 1.82) is 0 Å². The van der Waals surface area contributed by atoms with Crippen LogP contribution < -0.4 is 15.4 Å². The van der Waals surface area contributed by atoms with Crippen molar-refractivity contribution in [2.75, 3.05) is 13.1 Å². The number of rotatable bonds is 5. The number of hydrogen-bond acceptors (Lipinski definition) is 3. The van der Waals surface area contributed by atoms with E-state index in [1.807, 2.05) is 0 Å². The van der Waals surface area contributed by atoms with Crippen LogP contribution in [0.5, 0.6) is 5.75 Å². The Hall–Kier alpha value is -1.76. The Balaban J connectivity index is 1.86. The molecule has 0 bridgehead atoms. The Morgan fingerprint density at radius 2 is 2.14 bits per heavy atom. The van der Waals surface area contributed by atoms with Crippen LogP contribution in [0.15, 0.2) is 24.3 Å². The number of carbonyl (C=O) groups excluding carboxylic acids is 1. The summed E-state index contributed by atoms with van der Waals surface area (Å²) in [5.41, 5.74) is 0.372. The van der Waals surface area contributed by atoms with Gasteiger partial charge in [0.1, 0.15) is 5.75 Å². The summed E-state index contributed by atoms with van der Waals surface area (Å²) in [7, 11) is 0. The van der Waals surface area contributed by atoms with Crippen molar-refractivity contribution >= 4 is 5.91 Å². The third-order valence-electron chi connectivity index (χ3n) is 3.48. The van der Waals surface area contributed by atoms with Crippen molar-refractivity contribution in [3.05, 3.63) is 29.8 Å². The van der Waals surface area contributed by atoms with E-state index in [1.165, 1.54) is 18.2 Å². The molecule has 0 saturated carbocycles. The molecule has 1 fully saturated rings. The van der Waals surface area contributed by atoms with E-state index in [4.69, 9.17) is 0 Å². The molecule has 1 unspecified atom stereocenters. The van der Waals surface area contributed by atoms with Crippen LogP contribution in [0.25, 0.3) is 0 Å². The lowest BCUT2D eigenvalue weighted by atomic mass is 10.1. The zero-order valence-corrected chi connectivity index (χ0v) is 12.1. The summed E-state index contributed by atoms with van der Waals surface area (Å²) >= 11 is 0. The fraction of sp³-hybridized carbons (Fsp3) is 0.533. The molecule has 1 aliphatic rings. The molecule has 1 atom stereocenters. The highest BCUT2D eigenvalue weighted by Gasteiger charge is 2.32. The molecular formula is C15H19F3N2O2. The maximum absolute atomic E-state index is 12.3. The Kier molecular flexibility index (Phi) is 5.65. The number of aryl methyl sites for hydroxylation is 1. The molecule has 0 aromatic heterocycles. The molecular weight excluding hydrogens is 297 g/mol. The quantitative estimate of drug-likeness (QED) is 0.877. The average molecular weight is 316 g/mol. The van der Waals surface area contributed by atoms with Crippen LogP contribution in [0, 0.1) is 0 Å². The Labute approximate surface area is 127 Å². The van der Waals surface area contributed by atoms with Crippen LogP contribution >= 0.6 is 0 Å². The van der Waals surface area contributed by atoms with Crippen molar-refractivity contribution in [1.82, 2.24) is 10.6 Å². The lowest BCUT2D eigenvalue weighted by Crippen LogP contribution is -2.45. The van der Waals surface area contributed by atoms with Crippen LogP contribution in [-0.4, -0.2) is 31.4 Å². The number of amides is 1. The molecule has 0 aliphatic carbocycles. The number of nitrogens with one attached hydrogen (secondary N) is 2. The van der Waals surface area contributed by atoms with Gasteiger partial charge in [-0.1, -0.05) is 18.2 Å². The Morgan fingerprint density at radius 1 is 1.36 bits per heavy atom. The zero-order chi connectivity index (χ0) is 16.0. The number of piperidine rings is 1. The number of para-hydroxylation sites is 1. The molecule has 122 valence electrons. The molecule has 1 aromatic rings. The number of hydrogen-bond donors (Lipinski definition) is 2. The van der Waals surface area contributed by atoms with Crippen LogP contribution in [0.1, 0.15) is 24.8 Å². The first-order chi connectivity index (χ1) is 10.4. The van der Waals surface area contributed by atoms with Gasteiger partial charge in [0, 0.05) is 19.0 Å². The van der Waals surface area contributed by atoms with Gasteiger partial charge < -0.3 is 15.4 Å². The van der Waals surface area contributed by atoms with Crippen molar-refractivity contribution in [3.63, 3.8) is 0 Å². The minimum absolute atomic E-state index is 0.0999. The molecule has 1 amide bonds. The molecule has 0 radical (unpaired) electrons. The number of alkyl halides is 3. The summed E-state index contributed by atoms with van der Waals surface area (Å²) in [5.74, 6) is -0.405. The van der Waals surface area contributed by atoms with Crippen molar-refractivity contribution in [2.45, 2.75) is 38.1 Å². The van der Waals surface area contributed by atoms with Gasteiger partial charge in [-0.3, -0.25) is 4.79 Å². The van der Waals surface area contributed by atoms with Crippen molar-refractivity contribution in [3.8, 4) is 5.75 Å². The average Bonchev–Trinajstić information content (AvgIpc) is 2.46. The summed E-state index contributed by atoms with van der Waals surface area (Å²) < 4.78 is 40.9. The fourth-order valence-corrected chi connectivity index (χ4v) is 2.46. The van der Waals surface area contributed by atoms with Gasteiger partial charge in [0.2, 0.25) is 5.91 Å². The van der Waals surface area contributed by atoms with Crippen molar-refractivity contribution < 1.29 is 22.7 Å². The number of ether oxygens (including phenoxy) is 1. The predicted molar refractivity (Wildman–Crippen MR) is 75.5 cm³/mol. The predicted octanol–water partition coefficient (Wildman–Crippen LogP) is 2.39. The SMILES string of the molecule is O=C(CCc1ccccc1OC(F)(F)F)NC1CCCNC1. The molecule has 7 heteroatoms. The highest BCUT2D eigenvalue weighted by Crippen LogP contribution is 2.26. The first-order valence-electron chi connectivity index (χ1n) is 7.28. The Morgan fingerprint density at radius 3 is 2.82 bits per heavy atom. The molecule has 1 saturated heterocycles. The largest absolute Gasteiger partial charge is 0.573 e. The smallest absolute Gasteiger partial charge is 0.406 e. The number of benzene rings is 1. The molecule has 4 nitrogen and oxygen atoms in total. The lowest BCUT2D eigenvalue weighted by molar-refractivity contribution is -0.274. The molecule has 1 aromatic carbocycles. The van der Waals surface area contributed by atoms with Crippen LogP contribution in [0.2, 0.25) is 0 Å². The third kappa shape index (κ3) is 5.55. The fourth-order valence-electron chi connectivity index (χ4n) is 2.46. The van der Waals surface area contributed by atoms with Gasteiger partial charge in [0.25, 0.3) is 0 Å². The minimum Gasteiger partial charge on any atom is -0.406 e. The highest BCUT2D eigenvalue weighted by atomic mass is 19.4. The third-order valence-corrected chi connectivity index (χ3v) is 3.48. The van der Waals surface area contributed by atoms with Crippen molar-refractivity contribution in [2.24, 2.45) is 0 Å². The zero-order valence-electron chi connectivity index (χ0n) is 12.1. The maximum Gasteiger partial charge on any atom is 0.573 e. The van der Waals surface area contributed by atoms with E-state index in [0.29, 0.717) is 5.56 Å². The molecule has 0 spiro atoms. The second-order valence-corrected chi connectivity index (χ2v) is 5.27. The summed E-state index contributed by atoms with van der Waals surface area (Å²) in [4.78, 5) is 11.9. The second kappa shape index (κ2) is 7.49. The van der Waals surface area contributed by atoms with E-state index < -0.39 is 6.36 Å². The van der Waals surface area contributed by atoms with Crippen LogP contribution in [0.4, 0.5) is 13.2 Å². The second-order valence-electron chi connectivity index (χ2n) is 5.27. The number of halogens is 3. The maximum atomic E-state index is 12.3. The van der Waals surface area contributed by atoms with Crippen LogP contribution in [-0.2, 0) is 11.2 Å². The lowest BCUT2D eigenvalue weighted by Gasteiger charge is -2.23. The molecule has 1 heterocycles. The molecule has 2 rings (SSSR count). The molecule has 2 N–H and O–H groups in total. The summed E-state index contributed by atoms with van der Waals surface area (Å²) in [6, 6.07) is 5.99. The monoisotopic (exact) mass is 316 g/mol. The van der Waals surface area contributed by atoms with Gasteiger partial charge in [-0.25, -0.2) is 0 Å². The molecule has 1 aliphatic heterocycles. The first kappa shape index (κ1) is 16.6. The van der Waals surface area contributed by atoms with E-state index in [1.54, 1.807) is 6.07 Å². The van der Waals surface area contributed by atoms with E-state index in [-0.39, 0.29) is 30.5 Å². The summed E-state index contributed by atoms with van der Waals surface area (Å²) in [6.07, 6.45) is -2.46. The van der Waals surface area contributed by atoms with E-state index >= 15 is 0 Å². The van der Waals surface area contributed by atoms with Gasteiger partial charge >= 0.3 is 6.36 Å². The van der Waals surface area contributed by atoms with Gasteiger partial charge in [-0.2, -0.15) is 0 Å². The Bertz CT molecular complexity index is 500. The summed E-state index contributed by atoms with van der Waals surface area (Å²) in [5, 5.41) is 6.08. The topological polar surface area (TPSA) is 50.4 Å². The van der Waals surface area contributed by atoms with Gasteiger partial charge in [-0.15, -0.1) is 13.2 Å². The highest BCUT2D eigenvalue weighted by molar-refractivity contribution is 5.76. The van der Waals surface area contributed by atoms with Gasteiger partial charge in [-0.05, 0) is 37.4 Å². The van der Waals surface area contributed by atoms with E-state index in [0.717, 1.165) is 25.9 Å². The van der Waals surface area contributed by atoms with E-state index in [2.05, 4.69) is 15.4 Å². The van der Waals surface area contributed by atoms with Gasteiger partial charge in [0.15, 0.2) is 0 Å².